The Bertz CT molecular complexity index is 1230. The number of furan rings is 1. The molecule has 0 spiro atoms. The SMILES string of the molecule is Cc1ccc(N2C(=O)/C(=C/c3ccc(-c4cccc([N+](=O)[O-])c4)o3)SC2=S)c(C)c1. The number of thioether (sulfide) groups is 1. The minimum atomic E-state index is -0.453. The Morgan fingerprint density at radius 1 is 1.13 bits per heavy atom. The van der Waals surface area contributed by atoms with E-state index in [0.717, 1.165) is 16.8 Å². The van der Waals surface area contributed by atoms with E-state index in [2.05, 4.69) is 0 Å². The van der Waals surface area contributed by atoms with Crippen LogP contribution in [0.4, 0.5) is 11.4 Å². The molecule has 1 aliphatic heterocycles. The number of carbonyl (C=O) groups excluding carboxylic acids is 1. The average molecular weight is 437 g/mol. The molecule has 0 aliphatic carbocycles. The molecule has 150 valence electrons. The number of amides is 1. The van der Waals surface area contributed by atoms with Gasteiger partial charge in [-0.15, -0.1) is 0 Å². The zero-order chi connectivity index (χ0) is 21.4. The van der Waals surface area contributed by atoms with Crippen molar-refractivity contribution in [3.05, 3.63) is 86.5 Å². The molecule has 0 atom stereocenters. The lowest BCUT2D eigenvalue weighted by Crippen LogP contribution is -2.28. The zero-order valence-electron chi connectivity index (χ0n) is 16.1. The second kappa shape index (κ2) is 7.89. The Labute approximate surface area is 182 Å². The standard InChI is InChI=1S/C22H16N2O4S2/c1-13-6-8-18(14(2)10-13)23-21(25)20(30-22(23)29)12-17-7-9-19(28-17)15-4-3-5-16(11-15)24(26)27/h3-12H,1-2H3/b20-12-. The first kappa shape index (κ1) is 20.1. The van der Waals surface area contributed by atoms with Crippen LogP contribution in [-0.2, 0) is 4.79 Å². The third-order valence-electron chi connectivity index (χ3n) is 4.63. The molecule has 0 bridgehead atoms. The van der Waals surface area contributed by atoms with Gasteiger partial charge in [-0.3, -0.25) is 19.8 Å². The highest BCUT2D eigenvalue weighted by molar-refractivity contribution is 8.27. The lowest BCUT2D eigenvalue weighted by Gasteiger charge is -2.17. The minimum absolute atomic E-state index is 0.0141. The normalized spacial score (nSPS) is 15.3. The smallest absolute Gasteiger partial charge is 0.270 e. The van der Waals surface area contributed by atoms with Crippen molar-refractivity contribution in [1.82, 2.24) is 0 Å². The number of benzene rings is 2. The van der Waals surface area contributed by atoms with Gasteiger partial charge in [-0.25, -0.2) is 0 Å². The van der Waals surface area contributed by atoms with E-state index in [1.165, 1.54) is 28.8 Å². The van der Waals surface area contributed by atoms with E-state index in [0.29, 0.717) is 26.3 Å². The van der Waals surface area contributed by atoms with Crippen molar-refractivity contribution in [1.29, 1.82) is 0 Å². The first-order valence-electron chi connectivity index (χ1n) is 9.03. The van der Waals surface area contributed by atoms with Gasteiger partial charge in [0.25, 0.3) is 11.6 Å². The van der Waals surface area contributed by atoms with E-state index < -0.39 is 4.92 Å². The van der Waals surface area contributed by atoms with Crippen LogP contribution in [0, 0.1) is 24.0 Å². The summed E-state index contributed by atoms with van der Waals surface area (Å²) < 4.78 is 6.27. The molecule has 0 radical (unpaired) electrons. The van der Waals surface area contributed by atoms with Gasteiger partial charge >= 0.3 is 0 Å². The number of anilines is 1. The van der Waals surface area contributed by atoms with Crippen LogP contribution in [0.5, 0.6) is 0 Å². The van der Waals surface area contributed by atoms with Gasteiger partial charge in [0.1, 0.15) is 11.5 Å². The molecule has 1 fully saturated rings. The number of nitro groups is 1. The molecule has 1 aromatic heterocycles. The van der Waals surface area contributed by atoms with E-state index in [-0.39, 0.29) is 11.6 Å². The number of nitrogens with zero attached hydrogens (tertiary/aromatic N) is 2. The summed E-state index contributed by atoms with van der Waals surface area (Å²) in [7, 11) is 0. The lowest BCUT2D eigenvalue weighted by atomic mass is 10.1. The van der Waals surface area contributed by atoms with Gasteiger partial charge in [0.05, 0.1) is 15.5 Å². The molecular formula is C22H16N2O4S2. The number of carbonyl (C=O) groups is 1. The second-order valence-electron chi connectivity index (χ2n) is 6.82. The first-order chi connectivity index (χ1) is 14.3. The Morgan fingerprint density at radius 3 is 2.67 bits per heavy atom. The van der Waals surface area contributed by atoms with Crippen LogP contribution >= 0.6 is 24.0 Å². The molecule has 1 saturated heterocycles. The van der Waals surface area contributed by atoms with E-state index in [9.17, 15) is 14.9 Å². The van der Waals surface area contributed by atoms with Crippen LogP contribution in [0.25, 0.3) is 17.4 Å². The average Bonchev–Trinajstić information content (AvgIpc) is 3.28. The molecule has 2 heterocycles. The van der Waals surface area contributed by atoms with Crippen molar-refractivity contribution in [3.63, 3.8) is 0 Å². The Balaban J connectivity index is 1.62. The molecule has 0 N–H and O–H groups in total. The fourth-order valence-electron chi connectivity index (χ4n) is 3.22. The summed E-state index contributed by atoms with van der Waals surface area (Å²) in [5, 5.41) is 11.0. The van der Waals surface area contributed by atoms with Gasteiger partial charge < -0.3 is 4.42 Å². The van der Waals surface area contributed by atoms with Crippen molar-refractivity contribution in [2.45, 2.75) is 13.8 Å². The summed E-state index contributed by atoms with van der Waals surface area (Å²) in [6, 6.07) is 15.5. The van der Waals surface area contributed by atoms with Crippen LogP contribution in [0.2, 0.25) is 0 Å². The summed E-state index contributed by atoms with van der Waals surface area (Å²) in [6.45, 7) is 3.94. The highest BCUT2D eigenvalue weighted by atomic mass is 32.2. The molecule has 0 saturated carbocycles. The highest BCUT2D eigenvalue weighted by Crippen LogP contribution is 2.38. The number of thiocarbonyl (C=S) groups is 1. The van der Waals surface area contributed by atoms with E-state index in [1.54, 1.807) is 30.3 Å². The van der Waals surface area contributed by atoms with E-state index >= 15 is 0 Å². The van der Waals surface area contributed by atoms with E-state index in [1.807, 2.05) is 32.0 Å². The molecule has 8 heteroatoms. The molecule has 1 aliphatic rings. The molecule has 3 aromatic rings. The molecule has 30 heavy (non-hydrogen) atoms. The quantitative estimate of drug-likeness (QED) is 0.220. The van der Waals surface area contributed by atoms with Crippen LogP contribution in [-0.4, -0.2) is 15.2 Å². The minimum Gasteiger partial charge on any atom is -0.457 e. The van der Waals surface area contributed by atoms with Crippen molar-refractivity contribution < 1.29 is 14.1 Å². The van der Waals surface area contributed by atoms with Crippen molar-refractivity contribution in [2.24, 2.45) is 0 Å². The third-order valence-corrected chi connectivity index (χ3v) is 5.93. The predicted octanol–water partition coefficient (Wildman–Crippen LogP) is 5.88. The van der Waals surface area contributed by atoms with Gasteiger partial charge in [0.2, 0.25) is 0 Å². The highest BCUT2D eigenvalue weighted by Gasteiger charge is 2.34. The van der Waals surface area contributed by atoms with Crippen molar-refractivity contribution >= 4 is 51.7 Å². The number of non-ortho nitro benzene ring substituents is 1. The molecule has 2 aromatic carbocycles. The summed E-state index contributed by atoms with van der Waals surface area (Å²) in [5.41, 5.74) is 3.43. The monoisotopic (exact) mass is 436 g/mol. The maximum absolute atomic E-state index is 13.0. The van der Waals surface area contributed by atoms with Crippen LogP contribution in [0.3, 0.4) is 0 Å². The maximum Gasteiger partial charge on any atom is 0.270 e. The fraction of sp³-hybridized carbons (Fsp3) is 0.0909. The number of aryl methyl sites for hydroxylation is 2. The first-order valence-corrected chi connectivity index (χ1v) is 10.3. The van der Waals surface area contributed by atoms with Gasteiger partial charge in [0, 0.05) is 23.8 Å². The van der Waals surface area contributed by atoms with Gasteiger partial charge in [0.15, 0.2) is 4.32 Å². The zero-order valence-corrected chi connectivity index (χ0v) is 17.8. The molecule has 6 nitrogen and oxygen atoms in total. The molecular weight excluding hydrogens is 420 g/mol. The number of hydrogen-bond donors (Lipinski definition) is 0. The fourth-order valence-corrected chi connectivity index (χ4v) is 4.48. The van der Waals surface area contributed by atoms with Gasteiger partial charge in [-0.05, 0) is 37.6 Å². The second-order valence-corrected chi connectivity index (χ2v) is 8.49. The Kier molecular flexibility index (Phi) is 5.27. The molecule has 0 unspecified atom stereocenters. The van der Waals surface area contributed by atoms with Crippen molar-refractivity contribution in [3.8, 4) is 11.3 Å². The van der Waals surface area contributed by atoms with E-state index in [4.69, 9.17) is 16.6 Å². The molecule has 1 amide bonds. The predicted molar refractivity (Wildman–Crippen MR) is 122 cm³/mol. The van der Waals surface area contributed by atoms with Gasteiger partial charge in [-0.1, -0.05) is 53.8 Å². The lowest BCUT2D eigenvalue weighted by molar-refractivity contribution is -0.384. The Morgan fingerprint density at radius 2 is 1.93 bits per heavy atom. The topological polar surface area (TPSA) is 76.6 Å². The summed E-state index contributed by atoms with van der Waals surface area (Å²) in [6.07, 6.45) is 1.64. The van der Waals surface area contributed by atoms with Crippen molar-refractivity contribution in [2.75, 3.05) is 4.90 Å². The number of rotatable bonds is 4. The Hall–Kier alpha value is -3.23. The number of hydrogen-bond acceptors (Lipinski definition) is 6. The summed E-state index contributed by atoms with van der Waals surface area (Å²) in [5.74, 6) is 0.748. The number of nitro benzene ring substituents is 1. The third kappa shape index (κ3) is 3.79. The maximum atomic E-state index is 13.0. The van der Waals surface area contributed by atoms with Crippen LogP contribution < -0.4 is 4.90 Å². The van der Waals surface area contributed by atoms with Crippen LogP contribution in [0.1, 0.15) is 16.9 Å². The summed E-state index contributed by atoms with van der Waals surface area (Å²) >= 11 is 6.65. The molecule has 4 rings (SSSR count). The van der Waals surface area contributed by atoms with Crippen LogP contribution in [0.15, 0.2) is 63.9 Å². The van der Waals surface area contributed by atoms with Gasteiger partial charge in [-0.2, -0.15) is 0 Å². The largest absolute Gasteiger partial charge is 0.457 e. The summed E-state index contributed by atoms with van der Waals surface area (Å²) in [4.78, 5) is 25.5.